The molecule has 0 spiro atoms. The Morgan fingerprint density at radius 3 is 2.57 bits per heavy atom. The summed E-state index contributed by atoms with van der Waals surface area (Å²) in [7, 11) is 0. The van der Waals surface area contributed by atoms with E-state index < -0.39 is 17.7 Å². The molecule has 1 aromatic carbocycles. The van der Waals surface area contributed by atoms with Crippen molar-refractivity contribution in [3.63, 3.8) is 0 Å². The molecular weight excluding hydrogens is 302 g/mol. The van der Waals surface area contributed by atoms with Crippen molar-refractivity contribution >= 4 is 18.3 Å². The summed E-state index contributed by atoms with van der Waals surface area (Å²) in [5.74, 6) is -1.58. The summed E-state index contributed by atoms with van der Waals surface area (Å²) < 4.78 is 30.8. The van der Waals surface area contributed by atoms with Crippen LogP contribution in [0.3, 0.4) is 0 Å². The van der Waals surface area contributed by atoms with E-state index in [2.05, 4.69) is 5.32 Å². The Bertz CT molecular complexity index is 459. The van der Waals surface area contributed by atoms with Crippen LogP contribution in [0.2, 0.25) is 0 Å². The number of nitrogens with two attached hydrogens (primary N) is 1. The molecule has 0 unspecified atom stereocenters. The average molecular weight is 323 g/mol. The van der Waals surface area contributed by atoms with Crippen LogP contribution in [0, 0.1) is 17.6 Å². The van der Waals surface area contributed by atoms with E-state index in [0.717, 1.165) is 12.1 Å². The van der Waals surface area contributed by atoms with Crippen molar-refractivity contribution in [2.24, 2.45) is 11.7 Å². The van der Waals surface area contributed by atoms with Gasteiger partial charge in [0, 0.05) is 6.07 Å². The Morgan fingerprint density at radius 2 is 2.00 bits per heavy atom. The van der Waals surface area contributed by atoms with Crippen molar-refractivity contribution in [2.75, 3.05) is 13.2 Å². The van der Waals surface area contributed by atoms with Crippen molar-refractivity contribution in [2.45, 2.75) is 26.3 Å². The Labute approximate surface area is 129 Å². The predicted octanol–water partition coefficient (Wildman–Crippen LogP) is 2.26. The van der Waals surface area contributed by atoms with Crippen molar-refractivity contribution in [3.05, 3.63) is 29.8 Å². The van der Waals surface area contributed by atoms with Crippen LogP contribution in [-0.2, 0) is 4.79 Å². The van der Waals surface area contributed by atoms with Crippen LogP contribution in [-0.4, -0.2) is 25.1 Å². The number of benzene rings is 1. The second kappa shape index (κ2) is 9.52. The fourth-order valence-electron chi connectivity index (χ4n) is 1.66. The smallest absolute Gasteiger partial charge is 0.237 e. The van der Waals surface area contributed by atoms with E-state index in [-0.39, 0.29) is 37.2 Å². The highest BCUT2D eigenvalue weighted by molar-refractivity contribution is 5.85. The van der Waals surface area contributed by atoms with Gasteiger partial charge in [0.25, 0.3) is 0 Å². The third-order valence-electron chi connectivity index (χ3n) is 2.62. The normalized spacial score (nSPS) is 11.7. The number of ether oxygens (including phenoxy) is 1. The van der Waals surface area contributed by atoms with Crippen molar-refractivity contribution in [1.82, 2.24) is 5.32 Å². The number of rotatable bonds is 7. The zero-order valence-corrected chi connectivity index (χ0v) is 12.9. The first-order valence-electron chi connectivity index (χ1n) is 6.51. The Kier molecular flexibility index (Phi) is 8.89. The van der Waals surface area contributed by atoms with Gasteiger partial charge in [-0.15, -0.1) is 12.4 Å². The van der Waals surface area contributed by atoms with Crippen LogP contribution < -0.4 is 15.8 Å². The molecule has 0 aliphatic heterocycles. The molecule has 1 rings (SSSR count). The van der Waals surface area contributed by atoms with E-state index in [4.69, 9.17) is 10.5 Å². The first-order chi connectivity index (χ1) is 9.40. The first-order valence-corrected chi connectivity index (χ1v) is 6.51. The molecule has 0 heterocycles. The van der Waals surface area contributed by atoms with Crippen LogP contribution in [0.15, 0.2) is 18.2 Å². The van der Waals surface area contributed by atoms with Gasteiger partial charge >= 0.3 is 0 Å². The van der Waals surface area contributed by atoms with E-state index in [1.165, 1.54) is 6.07 Å². The minimum Gasteiger partial charge on any atom is -0.492 e. The molecule has 7 heteroatoms. The van der Waals surface area contributed by atoms with Gasteiger partial charge in [0.1, 0.15) is 12.4 Å². The summed E-state index contributed by atoms with van der Waals surface area (Å²) in [6.07, 6.45) is 0.607. The van der Waals surface area contributed by atoms with Gasteiger partial charge in [-0.3, -0.25) is 4.79 Å². The number of carbonyl (C=O) groups is 1. The molecule has 21 heavy (non-hydrogen) atoms. The van der Waals surface area contributed by atoms with E-state index in [9.17, 15) is 13.6 Å². The van der Waals surface area contributed by atoms with E-state index in [0.29, 0.717) is 12.3 Å². The maximum Gasteiger partial charge on any atom is 0.237 e. The van der Waals surface area contributed by atoms with Crippen LogP contribution in [0.5, 0.6) is 5.75 Å². The number of halogens is 3. The molecule has 1 aromatic rings. The van der Waals surface area contributed by atoms with Gasteiger partial charge in [-0.05, 0) is 24.5 Å². The summed E-state index contributed by atoms with van der Waals surface area (Å²) >= 11 is 0. The highest BCUT2D eigenvalue weighted by atomic mass is 35.5. The minimum absolute atomic E-state index is 0. The third-order valence-corrected chi connectivity index (χ3v) is 2.62. The number of amides is 1. The van der Waals surface area contributed by atoms with Crippen molar-refractivity contribution in [3.8, 4) is 5.75 Å². The number of hydrogen-bond donors (Lipinski definition) is 2. The van der Waals surface area contributed by atoms with Crippen LogP contribution in [0.4, 0.5) is 8.78 Å². The lowest BCUT2D eigenvalue weighted by Crippen LogP contribution is -2.42. The van der Waals surface area contributed by atoms with Gasteiger partial charge in [0.05, 0.1) is 12.6 Å². The molecular formula is C14H21ClF2N2O2. The summed E-state index contributed by atoms with van der Waals surface area (Å²) in [4.78, 5) is 11.6. The van der Waals surface area contributed by atoms with Gasteiger partial charge in [-0.1, -0.05) is 13.8 Å². The average Bonchev–Trinajstić information content (AvgIpc) is 2.37. The fourth-order valence-corrected chi connectivity index (χ4v) is 1.66. The van der Waals surface area contributed by atoms with E-state index in [1.54, 1.807) is 0 Å². The highest BCUT2D eigenvalue weighted by Gasteiger charge is 2.14. The van der Waals surface area contributed by atoms with Crippen LogP contribution >= 0.6 is 12.4 Å². The van der Waals surface area contributed by atoms with Gasteiger partial charge in [-0.2, -0.15) is 0 Å². The lowest BCUT2D eigenvalue weighted by Gasteiger charge is -2.14. The lowest BCUT2D eigenvalue weighted by molar-refractivity contribution is -0.122. The topological polar surface area (TPSA) is 64.4 Å². The van der Waals surface area contributed by atoms with Gasteiger partial charge in [0.15, 0.2) is 11.6 Å². The van der Waals surface area contributed by atoms with Crippen LogP contribution in [0.25, 0.3) is 0 Å². The maximum atomic E-state index is 12.9. The molecule has 0 saturated carbocycles. The van der Waals surface area contributed by atoms with Crippen molar-refractivity contribution < 1.29 is 18.3 Å². The second-order valence-electron chi connectivity index (χ2n) is 4.95. The highest BCUT2D eigenvalue weighted by Crippen LogP contribution is 2.14. The zero-order chi connectivity index (χ0) is 15.1. The molecule has 1 atom stereocenters. The minimum atomic E-state index is -0.967. The number of hydrogen-bond acceptors (Lipinski definition) is 3. The van der Waals surface area contributed by atoms with E-state index in [1.807, 2.05) is 13.8 Å². The molecule has 1 amide bonds. The molecule has 4 nitrogen and oxygen atoms in total. The first kappa shape index (κ1) is 19.6. The monoisotopic (exact) mass is 322 g/mol. The summed E-state index contributed by atoms with van der Waals surface area (Å²) in [6, 6.07) is 2.73. The second-order valence-corrected chi connectivity index (χ2v) is 4.95. The molecule has 0 aromatic heterocycles. The number of nitrogens with one attached hydrogen (secondary N) is 1. The molecule has 0 bridgehead atoms. The lowest BCUT2D eigenvalue weighted by atomic mass is 10.0. The summed E-state index contributed by atoms with van der Waals surface area (Å²) in [5.41, 5.74) is 5.70. The summed E-state index contributed by atoms with van der Waals surface area (Å²) in [5, 5.41) is 2.63. The third kappa shape index (κ3) is 7.24. The maximum absolute atomic E-state index is 12.9. The fraction of sp³-hybridized carbons (Fsp3) is 0.500. The molecule has 0 fully saturated rings. The summed E-state index contributed by atoms with van der Waals surface area (Å²) in [6.45, 7) is 4.38. The molecule has 0 aliphatic rings. The van der Waals surface area contributed by atoms with Crippen LogP contribution in [0.1, 0.15) is 20.3 Å². The number of carbonyl (C=O) groups excluding carboxylic acids is 1. The standard InChI is InChI=1S/C14H20F2N2O2.ClH/c1-9(2)7-13(17)14(19)18-5-6-20-10-3-4-11(15)12(16)8-10;/h3-4,8-9,13H,5-7,17H2,1-2H3,(H,18,19);1H/t13-;/m0./s1. The molecule has 3 N–H and O–H groups in total. The molecule has 0 aliphatic carbocycles. The molecule has 0 radical (unpaired) electrons. The quantitative estimate of drug-likeness (QED) is 0.757. The van der Waals surface area contributed by atoms with E-state index >= 15 is 0 Å². The Morgan fingerprint density at radius 1 is 1.33 bits per heavy atom. The molecule has 120 valence electrons. The van der Waals surface area contributed by atoms with Crippen molar-refractivity contribution in [1.29, 1.82) is 0 Å². The van der Waals surface area contributed by atoms with Gasteiger partial charge in [0.2, 0.25) is 5.91 Å². The van der Waals surface area contributed by atoms with Gasteiger partial charge in [-0.25, -0.2) is 8.78 Å². The Hall–Kier alpha value is -1.40. The predicted molar refractivity (Wildman–Crippen MR) is 79.5 cm³/mol. The Balaban J connectivity index is 0.00000400. The van der Waals surface area contributed by atoms with Gasteiger partial charge < -0.3 is 15.8 Å². The molecule has 0 saturated heterocycles. The zero-order valence-electron chi connectivity index (χ0n) is 12.1. The largest absolute Gasteiger partial charge is 0.492 e. The SMILES string of the molecule is CC(C)C[C@H](N)C(=O)NCCOc1ccc(F)c(F)c1.Cl.